The molecule has 7 heteroatoms. The molecule has 2 aromatic carbocycles. The predicted octanol–water partition coefficient (Wildman–Crippen LogP) is 2.74. The summed E-state index contributed by atoms with van der Waals surface area (Å²) in [4.78, 5) is 18.2. The summed E-state index contributed by atoms with van der Waals surface area (Å²) in [5.74, 6) is 0.180. The standard InChI is InChI=1S/C19H19N3O3S/c1-11(18(20)24)22-6-7-25-17-13(10-22)8-12(9-15(17)23)19-21-14-4-2-3-5-16(14)26-19/h2-5,8-9,11,23H,6-7,10H2,1H3,(H2,20,24). The van der Waals surface area contributed by atoms with Gasteiger partial charge in [0, 0.05) is 24.2 Å². The number of ether oxygens (including phenoxy) is 1. The predicted molar refractivity (Wildman–Crippen MR) is 101 cm³/mol. The Labute approximate surface area is 154 Å². The lowest BCUT2D eigenvalue weighted by Gasteiger charge is -2.24. The third-order valence-electron chi connectivity index (χ3n) is 4.64. The summed E-state index contributed by atoms with van der Waals surface area (Å²) in [6.07, 6.45) is 0. The number of hydrogen-bond donors (Lipinski definition) is 2. The van der Waals surface area contributed by atoms with Gasteiger partial charge in [-0.2, -0.15) is 0 Å². The minimum absolute atomic E-state index is 0.0883. The Morgan fingerprint density at radius 2 is 2.19 bits per heavy atom. The number of rotatable bonds is 3. The second kappa shape index (κ2) is 6.59. The van der Waals surface area contributed by atoms with E-state index in [0.29, 0.717) is 25.4 Å². The van der Waals surface area contributed by atoms with E-state index in [1.165, 1.54) is 0 Å². The van der Waals surface area contributed by atoms with E-state index >= 15 is 0 Å². The van der Waals surface area contributed by atoms with Gasteiger partial charge in [-0.3, -0.25) is 9.69 Å². The number of carbonyl (C=O) groups excluding carboxylic acids is 1. The lowest BCUT2D eigenvalue weighted by atomic mass is 10.1. The summed E-state index contributed by atoms with van der Waals surface area (Å²) in [6.45, 7) is 3.21. The average Bonchev–Trinajstić information content (AvgIpc) is 2.94. The van der Waals surface area contributed by atoms with Gasteiger partial charge in [-0.05, 0) is 31.2 Å². The van der Waals surface area contributed by atoms with E-state index in [1.807, 2.05) is 35.2 Å². The van der Waals surface area contributed by atoms with Gasteiger partial charge in [0.15, 0.2) is 11.5 Å². The molecule has 1 amide bonds. The molecule has 0 spiro atoms. The largest absolute Gasteiger partial charge is 0.504 e. The summed E-state index contributed by atoms with van der Waals surface area (Å²) in [6, 6.07) is 11.2. The van der Waals surface area contributed by atoms with E-state index < -0.39 is 6.04 Å². The number of primary amides is 1. The first-order valence-electron chi connectivity index (χ1n) is 8.41. The molecule has 1 atom stereocenters. The first-order chi connectivity index (χ1) is 12.5. The monoisotopic (exact) mass is 369 g/mol. The van der Waals surface area contributed by atoms with Crippen molar-refractivity contribution < 1.29 is 14.6 Å². The van der Waals surface area contributed by atoms with E-state index in [0.717, 1.165) is 26.4 Å². The molecule has 0 bridgehead atoms. The molecule has 3 N–H and O–H groups in total. The number of nitrogens with zero attached hydrogens (tertiary/aromatic N) is 2. The van der Waals surface area contributed by atoms with Crippen LogP contribution in [0.3, 0.4) is 0 Å². The van der Waals surface area contributed by atoms with Crippen molar-refractivity contribution in [3.63, 3.8) is 0 Å². The topological polar surface area (TPSA) is 88.7 Å². The molecule has 1 aliphatic heterocycles. The van der Waals surface area contributed by atoms with Crippen LogP contribution in [0.2, 0.25) is 0 Å². The van der Waals surface area contributed by atoms with Crippen molar-refractivity contribution in [1.29, 1.82) is 0 Å². The maximum atomic E-state index is 11.6. The van der Waals surface area contributed by atoms with E-state index in [-0.39, 0.29) is 11.7 Å². The number of phenols is 1. The van der Waals surface area contributed by atoms with E-state index in [9.17, 15) is 9.90 Å². The Balaban J connectivity index is 1.75. The van der Waals surface area contributed by atoms with E-state index in [1.54, 1.807) is 24.3 Å². The number of amides is 1. The Morgan fingerprint density at radius 1 is 1.38 bits per heavy atom. The van der Waals surface area contributed by atoms with Crippen LogP contribution in [-0.4, -0.2) is 40.1 Å². The number of aromatic nitrogens is 1. The van der Waals surface area contributed by atoms with Crippen molar-refractivity contribution in [1.82, 2.24) is 9.88 Å². The number of phenolic OH excluding ortho intramolecular Hbond substituents is 1. The first-order valence-corrected chi connectivity index (χ1v) is 9.22. The molecular weight excluding hydrogens is 350 g/mol. The number of fused-ring (bicyclic) bond motifs is 2. The number of nitrogens with two attached hydrogens (primary N) is 1. The molecule has 1 unspecified atom stereocenters. The van der Waals surface area contributed by atoms with Gasteiger partial charge in [-0.25, -0.2) is 4.98 Å². The van der Waals surface area contributed by atoms with Crippen molar-refractivity contribution in [3.05, 3.63) is 42.0 Å². The van der Waals surface area contributed by atoms with Gasteiger partial charge in [0.05, 0.1) is 16.3 Å². The minimum Gasteiger partial charge on any atom is -0.504 e. The Kier molecular flexibility index (Phi) is 4.26. The van der Waals surface area contributed by atoms with Crippen LogP contribution in [0.15, 0.2) is 36.4 Å². The molecule has 1 aliphatic rings. The highest BCUT2D eigenvalue weighted by Crippen LogP contribution is 2.39. The van der Waals surface area contributed by atoms with Gasteiger partial charge in [0.25, 0.3) is 0 Å². The first kappa shape index (κ1) is 16.8. The highest BCUT2D eigenvalue weighted by molar-refractivity contribution is 7.21. The smallest absolute Gasteiger partial charge is 0.234 e. The number of carbonyl (C=O) groups is 1. The molecule has 1 aromatic heterocycles. The molecule has 0 fully saturated rings. The fourth-order valence-corrected chi connectivity index (χ4v) is 4.10. The minimum atomic E-state index is -0.405. The zero-order valence-corrected chi connectivity index (χ0v) is 15.1. The lowest BCUT2D eigenvalue weighted by molar-refractivity contribution is -0.122. The fourth-order valence-electron chi connectivity index (χ4n) is 3.15. The number of para-hydroxylation sites is 1. The number of aromatic hydroxyl groups is 1. The average molecular weight is 369 g/mol. The fraction of sp³-hybridized carbons (Fsp3) is 0.263. The normalized spacial score (nSPS) is 15.9. The number of hydrogen-bond acceptors (Lipinski definition) is 6. The molecule has 0 aliphatic carbocycles. The summed E-state index contributed by atoms with van der Waals surface area (Å²) >= 11 is 1.58. The highest BCUT2D eigenvalue weighted by atomic mass is 32.1. The molecule has 0 saturated carbocycles. The van der Waals surface area contributed by atoms with Crippen LogP contribution in [0.4, 0.5) is 0 Å². The van der Waals surface area contributed by atoms with Gasteiger partial charge in [0.2, 0.25) is 5.91 Å². The van der Waals surface area contributed by atoms with E-state index in [2.05, 4.69) is 4.98 Å². The zero-order chi connectivity index (χ0) is 18.3. The molecule has 4 rings (SSSR count). The highest BCUT2D eigenvalue weighted by Gasteiger charge is 2.25. The number of thiazole rings is 1. The quantitative estimate of drug-likeness (QED) is 0.741. The summed E-state index contributed by atoms with van der Waals surface area (Å²) in [5.41, 5.74) is 8.04. The summed E-state index contributed by atoms with van der Waals surface area (Å²) in [5, 5.41) is 11.3. The van der Waals surface area contributed by atoms with Gasteiger partial charge in [0.1, 0.15) is 11.6 Å². The van der Waals surface area contributed by atoms with Crippen molar-refractivity contribution in [2.24, 2.45) is 5.73 Å². The molecule has 3 aromatic rings. The Bertz CT molecular complexity index is 952. The van der Waals surface area contributed by atoms with Gasteiger partial charge in [-0.1, -0.05) is 12.1 Å². The van der Waals surface area contributed by atoms with E-state index in [4.69, 9.17) is 10.5 Å². The van der Waals surface area contributed by atoms with Crippen LogP contribution in [-0.2, 0) is 11.3 Å². The zero-order valence-electron chi connectivity index (χ0n) is 14.3. The Hall–Kier alpha value is -2.64. The molecule has 26 heavy (non-hydrogen) atoms. The molecular formula is C19H19N3O3S. The maximum Gasteiger partial charge on any atom is 0.234 e. The second-order valence-corrected chi connectivity index (χ2v) is 7.40. The molecule has 134 valence electrons. The van der Waals surface area contributed by atoms with Crippen LogP contribution < -0.4 is 10.5 Å². The van der Waals surface area contributed by atoms with Gasteiger partial charge < -0.3 is 15.6 Å². The van der Waals surface area contributed by atoms with Crippen LogP contribution >= 0.6 is 11.3 Å². The maximum absolute atomic E-state index is 11.6. The van der Waals surface area contributed by atoms with Gasteiger partial charge in [-0.15, -0.1) is 11.3 Å². The van der Waals surface area contributed by atoms with Crippen molar-refractivity contribution in [2.45, 2.75) is 19.5 Å². The second-order valence-electron chi connectivity index (χ2n) is 6.37. The van der Waals surface area contributed by atoms with Gasteiger partial charge >= 0.3 is 0 Å². The summed E-state index contributed by atoms with van der Waals surface area (Å²) in [7, 11) is 0. The lowest BCUT2D eigenvalue weighted by Crippen LogP contribution is -2.43. The van der Waals surface area contributed by atoms with Crippen LogP contribution in [0.5, 0.6) is 11.5 Å². The number of benzene rings is 2. The third-order valence-corrected chi connectivity index (χ3v) is 5.73. The van der Waals surface area contributed by atoms with Crippen LogP contribution in [0.25, 0.3) is 20.8 Å². The van der Waals surface area contributed by atoms with Crippen molar-refractivity contribution in [3.8, 4) is 22.1 Å². The third kappa shape index (κ3) is 3.00. The SMILES string of the molecule is CC(C(N)=O)N1CCOc2c(O)cc(-c3nc4ccccc4s3)cc2C1. The summed E-state index contributed by atoms with van der Waals surface area (Å²) < 4.78 is 6.82. The molecule has 6 nitrogen and oxygen atoms in total. The van der Waals surface area contributed by atoms with Crippen molar-refractivity contribution in [2.75, 3.05) is 13.2 Å². The van der Waals surface area contributed by atoms with Crippen molar-refractivity contribution >= 4 is 27.5 Å². The molecule has 2 heterocycles. The van der Waals surface area contributed by atoms with Crippen LogP contribution in [0.1, 0.15) is 12.5 Å². The van der Waals surface area contributed by atoms with Crippen LogP contribution in [0, 0.1) is 0 Å². The Morgan fingerprint density at radius 3 is 2.96 bits per heavy atom. The molecule has 0 saturated heterocycles. The molecule has 0 radical (unpaired) electrons.